The molecule has 0 aliphatic heterocycles. The van der Waals surface area contributed by atoms with Gasteiger partial charge in [-0.1, -0.05) is 72.3 Å². The largest absolute Gasteiger partial charge is 0.493 e. The number of ether oxygens (including phenoxy) is 1. The third kappa shape index (κ3) is 4.64. The molecule has 0 unspecified atom stereocenters. The minimum Gasteiger partial charge on any atom is -0.493 e. The summed E-state index contributed by atoms with van der Waals surface area (Å²) in [6.45, 7) is 4.94. The van der Waals surface area contributed by atoms with Crippen LogP contribution in [0.5, 0.6) is 5.75 Å². The number of pyridine rings is 1. The number of para-hydroxylation sites is 1. The maximum Gasteiger partial charge on any atom is 0.252 e. The summed E-state index contributed by atoms with van der Waals surface area (Å²) in [6.07, 6.45) is 0. The standard InChI is InChI=1S/C29H26N4O2/c1-3-35-25-12-8-7-11-22(25)24-17-23(29(34)30-18-20-15-13-19(2)14-16-20)26-27(32-33-28(26)31-24)21-9-5-4-6-10-21/h4-17H,3,18H2,1-2H3,(H,30,34)(H,31,32,33). The summed E-state index contributed by atoms with van der Waals surface area (Å²) in [4.78, 5) is 18.4. The zero-order chi connectivity index (χ0) is 24.2. The quantitative estimate of drug-likeness (QED) is 0.314. The molecule has 2 aromatic heterocycles. The Bertz CT molecular complexity index is 1470. The fraction of sp³-hybridized carbons (Fsp3) is 0.138. The van der Waals surface area contributed by atoms with E-state index in [0.29, 0.717) is 41.2 Å². The van der Waals surface area contributed by atoms with Crippen LogP contribution in [0.25, 0.3) is 33.5 Å². The number of aryl methyl sites for hydroxylation is 1. The predicted molar refractivity (Wildman–Crippen MR) is 138 cm³/mol. The maximum atomic E-state index is 13.6. The number of aromatic nitrogens is 3. The summed E-state index contributed by atoms with van der Waals surface area (Å²) in [5, 5.41) is 11.3. The van der Waals surface area contributed by atoms with Crippen LogP contribution in [0.15, 0.2) is 84.9 Å². The molecule has 1 amide bonds. The molecule has 0 saturated carbocycles. The van der Waals surface area contributed by atoms with E-state index in [2.05, 4.69) is 15.5 Å². The Kier molecular flexibility index (Phi) is 6.26. The Morgan fingerprint density at radius 2 is 1.71 bits per heavy atom. The van der Waals surface area contributed by atoms with Gasteiger partial charge < -0.3 is 10.1 Å². The van der Waals surface area contributed by atoms with E-state index in [1.807, 2.05) is 98.8 Å². The second kappa shape index (κ2) is 9.81. The van der Waals surface area contributed by atoms with Gasteiger partial charge in [0.05, 0.1) is 28.9 Å². The molecular formula is C29H26N4O2. The van der Waals surface area contributed by atoms with Gasteiger partial charge in [-0.2, -0.15) is 5.10 Å². The monoisotopic (exact) mass is 462 g/mol. The fourth-order valence-electron chi connectivity index (χ4n) is 4.10. The van der Waals surface area contributed by atoms with Crippen LogP contribution in [0.3, 0.4) is 0 Å². The van der Waals surface area contributed by atoms with Gasteiger partial charge in [-0.15, -0.1) is 0 Å². The van der Waals surface area contributed by atoms with Crippen LogP contribution in [-0.2, 0) is 6.54 Å². The zero-order valence-corrected chi connectivity index (χ0v) is 19.7. The third-order valence-electron chi connectivity index (χ3n) is 5.87. The third-order valence-corrected chi connectivity index (χ3v) is 5.87. The summed E-state index contributed by atoms with van der Waals surface area (Å²) in [7, 11) is 0. The van der Waals surface area contributed by atoms with Crippen LogP contribution < -0.4 is 10.1 Å². The Morgan fingerprint density at radius 1 is 0.971 bits per heavy atom. The van der Waals surface area contributed by atoms with Gasteiger partial charge in [-0.3, -0.25) is 9.89 Å². The first-order valence-electron chi connectivity index (χ1n) is 11.6. The SMILES string of the molecule is CCOc1ccccc1-c1cc(C(=O)NCc2ccc(C)cc2)c2c(-c3ccccc3)[nH]nc2n1. The molecule has 3 aromatic carbocycles. The lowest BCUT2D eigenvalue weighted by Gasteiger charge is -2.12. The van der Waals surface area contributed by atoms with E-state index < -0.39 is 0 Å². The number of carbonyl (C=O) groups excluding carboxylic acids is 1. The molecule has 5 aromatic rings. The molecule has 0 saturated heterocycles. The molecule has 0 radical (unpaired) electrons. The van der Waals surface area contributed by atoms with Crippen LogP contribution in [0.4, 0.5) is 0 Å². The second-order valence-electron chi connectivity index (χ2n) is 8.32. The van der Waals surface area contributed by atoms with Crippen LogP contribution >= 0.6 is 0 Å². The highest BCUT2D eigenvalue weighted by Crippen LogP contribution is 2.34. The van der Waals surface area contributed by atoms with Crippen molar-refractivity contribution in [1.82, 2.24) is 20.5 Å². The number of carbonyl (C=O) groups is 1. The predicted octanol–water partition coefficient (Wildman–Crippen LogP) is 5.93. The zero-order valence-electron chi connectivity index (χ0n) is 19.7. The van der Waals surface area contributed by atoms with Gasteiger partial charge in [-0.05, 0) is 37.6 Å². The molecule has 0 bridgehead atoms. The van der Waals surface area contributed by atoms with Gasteiger partial charge in [0, 0.05) is 17.7 Å². The van der Waals surface area contributed by atoms with E-state index in [-0.39, 0.29) is 5.91 Å². The first-order valence-corrected chi connectivity index (χ1v) is 11.6. The smallest absolute Gasteiger partial charge is 0.252 e. The van der Waals surface area contributed by atoms with Crippen molar-refractivity contribution in [3.63, 3.8) is 0 Å². The van der Waals surface area contributed by atoms with Crippen LogP contribution in [-0.4, -0.2) is 27.7 Å². The topological polar surface area (TPSA) is 79.9 Å². The molecule has 0 aliphatic rings. The molecule has 174 valence electrons. The molecule has 6 nitrogen and oxygen atoms in total. The lowest BCUT2D eigenvalue weighted by Crippen LogP contribution is -2.23. The minimum atomic E-state index is -0.188. The van der Waals surface area contributed by atoms with Crippen molar-refractivity contribution in [2.45, 2.75) is 20.4 Å². The van der Waals surface area contributed by atoms with Gasteiger partial charge in [0.25, 0.3) is 5.91 Å². The summed E-state index contributed by atoms with van der Waals surface area (Å²) in [6, 6.07) is 27.5. The molecule has 2 N–H and O–H groups in total. The van der Waals surface area contributed by atoms with Gasteiger partial charge >= 0.3 is 0 Å². The van der Waals surface area contributed by atoms with Crippen molar-refractivity contribution in [1.29, 1.82) is 0 Å². The lowest BCUT2D eigenvalue weighted by molar-refractivity contribution is 0.0952. The molecule has 6 heteroatoms. The molecular weight excluding hydrogens is 436 g/mol. The van der Waals surface area contributed by atoms with E-state index >= 15 is 0 Å². The summed E-state index contributed by atoms with van der Waals surface area (Å²) in [5.74, 6) is 0.526. The van der Waals surface area contributed by atoms with Crippen molar-refractivity contribution in [2.75, 3.05) is 6.61 Å². The number of hydrogen-bond donors (Lipinski definition) is 2. The Labute approximate surface area is 204 Å². The fourth-order valence-corrected chi connectivity index (χ4v) is 4.10. The number of amides is 1. The van der Waals surface area contributed by atoms with E-state index in [9.17, 15) is 4.79 Å². The number of hydrogen-bond acceptors (Lipinski definition) is 4. The number of fused-ring (bicyclic) bond motifs is 1. The number of benzene rings is 3. The number of rotatable bonds is 7. The Hall–Kier alpha value is -4.45. The molecule has 0 fully saturated rings. The maximum absolute atomic E-state index is 13.6. The van der Waals surface area contributed by atoms with Crippen LogP contribution in [0, 0.1) is 6.92 Å². The van der Waals surface area contributed by atoms with E-state index in [4.69, 9.17) is 9.72 Å². The normalized spacial score (nSPS) is 10.9. The Morgan fingerprint density at radius 3 is 2.49 bits per heavy atom. The average molecular weight is 463 g/mol. The van der Waals surface area contributed by atoms with Crippen molar-refractivity contribution >= 4 is 16.9 Å². The summed E-state index contributed by atoms with van der Waals surface area (Å²) >= 11 is 0. The highest BCUT2D eigenvalue weighted by molar-refractivity contribution is 6.11. The molecule has 0 spiro atoms. The first-order chi connectivity index (χ1) is 17.1. The van der Waals surface area contributed by atoms with Gasteiger partial charge in [-0.25, -0.2) is 4.98 Å². The summed E-state index contributed by atoms with van der Waals surface area (Å²) in [5.41, 5.74) is 6.35. The number of nitrogens with one attached hydrogen (secondary N) is 2. The molecule has 0 aliphatic carbocycles. The van der Waals surface area contributed by atoms with Gasteiger partial charge in [0.1, 0.15) is 5.75 Å². The van der Waals surface area contributed by atoms with Crippen molar-refractivity contribution in [2.24, 2.45) is 0 Å². The highest BCUT2D eigenvalue weighted by Gasteiger charge is 2.21. The molecule has 2 heterocycles. The van der Waals surface area contributed by atoms with E-state index in [1.165, 1.54) is 5.56 Å². The van der Waals surface area contributed by atoms with E-state index in [1.54, 1.807) is 0 Å². The lowest BCUT2D eigenvalue weighted by atomic mass is 10.0. The van der Waals surface area contributed by atoms with Crippen molar-refractivity contribution in [3.8, 4) is 28.3 Å². The van der Waals surface area contributed by atoms with Crippen LogP contribution in [0.1, 0.15) is 28.4 Å². The summed E-state index contributed by atoms with van der Waals surface area (Å²) < 4.78 is 5.82. The first kappa shape index (κ1) is 22.3. The van der Waals surface area contributed by atoms with Crippen LogP contribution in [0.2, 0.25) is 0 Å². The molecule has 35 heavy (non-hydrogen) atoms. The molecule has 0 atom stereocenters. The van der Waals surface area contributed by atoms with Gasteiger partial charge in [0.2, 0.25) is 0 Å². The Balaban J connectivity index is 1.61. The van der Waals surface area contributed by atoms with Gasteiger partial charge in [0.15, 0.2) is 5.65 Å². The van der Waals surface area contributed by atoms with Crippen molar-refractivity contribution < 1.29 is 9.53 Å². The molecule has 5 rings (SSSR count). The minimum absolute atomic E-state index is 0.188. The highest BCUT2D eigenvalue weighted by atomic mass is 16.5. The number of aromatic amines is 1. The average Bonchev–Trinajstić information content (AvgIpc) is 3.33. The number of nitrogens with zero attached hydrogens (tertiary/aromatic N) is 2. The second-order valence-corrected chi connectivity index (χ2v) is 8.32. The number of H-pyrrole nitrogens is 1. The van der Waals surface area contributed by atoms with Crippen molar-refractivity contribution in [3.05, 3.63) is 102 Å². The van der Waals surface area contributed by atoms with E-state index in [0.717, 1.165) is 22.4 Å².